The molecular formula is C24H34N6O6. The Morgan fingerprint density at radius 2 is 1.83 bits per heavy atom. The third kappa shape index (κ3) is 6.51. The summed E-state index contributed by atoms with van der Waals surface area (Å²) < 4.78 is 6.35. The molecule has 1 aromatic carbocycles. The van der Waals surface area contributed by atoms with Gasteiger partial charge < -0.3 is 25.4 Å². The average molecular weight is 503 g/mol. The van der Waals surface area contributed by atoms with Gasteiger partial charge in [-0.1, -0.05) is 0 Å². The first-order valence-corrected chi connectivity index (χ1v) is 12.0. The number of aromatic nitrogens is 2. The fraction of sp³-hybridized carbons (Fsp3) is 0.542. The second kappa shape index (κ2) is 11.8. The maximum absolute atomic E-state index is 13.3. The lowest BCUT2D eigenvalue weighted by atomic mass is 9.84. The first-order chi connectivity index (χ1) is 17.1. The molecule has 3 aliphatic rings. The van der Waals surface area contributed by atoms with E-state index in [1.165, 1.54) is 4.68 Å². The molecule has 36 heavy (non-hydrogen) atoms. The first-order valence-electron chi connectivity index (χ1n) is 12.0. The average Bonchev–Trinajstić information content (AvgIpc) is 3.18. The van der Waals surface area contributed by atoms with E-state index in [9.17, 15) is 14.4 Å². The molecule has 196 valence electrons. The quantitative estimate of drug-likeness (QED) is 0.455. The van der Waals surface area contributed by atoms with Crippen LogP contribution in [0, 0.1) is 5.92 Å². The summed E-state index contributed by atoms with van der Waals surface area (Å²) in [6.07, 6.45) is 1.29. The van der Waals surface area contributed by atoms with Gasteiger partial charge in [0.05, 0.1) is 11.6 Å². The first kappa shape index (κ1) is 26.9. The third-order valence-electron chi connectivity index (χ3n) is 6.06. The smallest absolute Gasteiger partial charge is 0.411 e. The summed E-state index contributed by atoms with van der Waals surface area (Å²) in [5.74, 6) is 0.135. The van der Waals surface area contributed by atoms with Crippen LogP contribution in [0.5, 0.6) is 0 Å². The van der Waals surface area contributed by atoms with Crippen molar-refractivity contribution in [2.45, 2.75) is 58.7 Å². The number of rotatable bonds is 5. The second-order valence-corrected chi connectivity index (χ2v) is 9.50. The Hall–Kier alpha value is -3.67. The van der Waals surface area contributed by atoms with Gasteiger partial charge in [0.15, 0.2) is 5.69 Å². The van der Waals surface area contributed by atoms with Crippen molar-refractivity contribution in [2.24, 2.45) is 5.92 Å². The predicted molar refractivity (Wildman–Crippen MR) is 133 cm³/mol. The summed E-state index contributed by atoms with van der Waals surface area (Å²) in [5, 5.41) is 20.4. The second-order valence-electron chi connectivity index (χ2n) is 9.50. The molecule has 12 nitrogen and oxygen atoms in total. The molecule has 4 heterocycles. The highest BCUT2D eigenvalue weighted by Crippen LogP contribution is 2.28. The van der Waals surface area contributed by atoms with E-state index >= 15 is 0 Å². The minimum atomic E-state index is -0.590. The van der Waals surface area contributed by atoms with Crippen molar-refractivity contribution in [3.8, 4) is 0 Å². The van der Waals surface area contributed by atoms with Crippen LogP contribution in [-0.4, -0.2) is 82.1 Å². The third-order valence-corrected chi connectivity index (χ3v) is 6.06. The summed E-state index contributed by atoms with van der Waals surface area (Å²) in [7, 11) is 0. The lowest BCUT2D eigenvalue weighted by Crippen LogP contribution is -2.57. The summed E-state index contributed by atoms with van der Waals surface area (Å²) in [6, 6.07) is 4.52. The minimum Gasteiger partial charge on any atom is -0.483 e. The van der Waals surface area contributed by atoms with Crippen molar-refractivity contribution in [1.29, 1.82) is 0 Å². The number of piperidine rings is 3. The number of carboxylic acid groups (broad SMARTS) is 1. The van der Waals surface area contributed by atoms with Crippen LogP contribution in [0.3, 0.4) is 0 Å². The van der Waals surface area contributed by atoms with Crippen molar-refractivity contribution < 1.29 is 29.0 Å². The molecule has 2 aromatic rings. The van der Waals surface area contributed by atoms with Crippen LogP contribution < -0.4 is 16.0 Å². The molecule has 0 saturated carbocycles. The van der Waals surface area contributed by atoms with E-state index in [0.29, 0.717) is 22.5 Å². The summed E-state index contributed by atoms with van der Waals surface area (Å²) in [5.41, 5.74) is 1.09. The van der Waals surface area contributed by atoms with Gasteiger partial charge in [-0.2, -0.15) is 9.78 Å². The van der Waals surface area contributed by atoms with Gasteiger partial charge in [0.1, 0.15) is 0 Å². The highest BCUT2D eigenvalue weighted by Gasteiger charge is 2.35. The van der Waals surface area contributed by atoms with Crippen LogP contribution in [0.15, 0.2) is 18.2 Å². The molecule has 0 spiro atoms. The molecule has 1 aromatic heterocycles. The monoisotopic (exact) mass is 502 g/mol. The van der Waals surface area contributed by atoms with Gasteiger partial charge in [0, 0.05) is 29.7 Å². The molecule has 4 N–H and O–H groups in total. The molecule has 0 radical (unpaired) electrons. The van der Waals surface area contributed by atoms with Crippen molar-refractivity contribution in [3.63, 3.8) is 0 Å². The van der Waals surface area contributed by atoms with E-state index in [2.05, 4.69) is 25.9 Å². The SMILES string of the molecule is CC(C)NC(=O)n1nc(C(=O)N[C@H]2CN3CCC2CC3)c2cc(NC(=O)OC(C)C)ccc21.O=CO. The Labute approximate surface area is 209 Å². The van der Waals surface area contributed by atoms with Crippen LogP contribution >= 0.6 is 0 Å². The number of carbonyl (C=O) groups excluding carboxylic acids is 3. The van der Waals surface area contributed by atoms with Crippen LogP contribution in [0.25, 0.3) is 10.9 Å². The molecular weight excluding hydrogens is 468 g/mol. The van der Waals surface area contributed by atoms with Gasteiger partial charge in [0.25, 0.3) is 12.4 Å². The number of ether oxygens (including phenoxy) is 1. The maximum Gasteiger partial charge on any atom is 0.411 e. The van der Waals surface area contributed by atoms with E-state index in [-0.39, 0.29) is 36.3 Å². The number of benzene rings is 1. The number of fused-ring (bicyclic) bond motifs is 4. The fourth-order valence-electron chi connectivity index (χ4n) is 4.55. The Bertz CT molecular complexity index is 1110. The topological polar surface area (TPSA) is 155 Å². The molecule has 3 fully saturated rings. The van der Waals surface area contributed by atoms with E-state index in [1.54, 1.807) is 32.0 Å². The molecule has 0 unspecified atom stereocenters. The molecule has 1 atom stereocenters. The lowest BCUT2D eigenvalue weighted by molar-refractivity contribution is -0.122. The Morgan fingerprint density at radius 1 is 1.17 bits per heavy atom. The largest absolute Gasteiger partial charge is 0.483 e. The van der Waals surface area contributed by atoms with Crippen LogP contribution in [-0.2, 0) is 9.53 Å². The number of nitrogens with one attached hydrogen (secondary N) is 3. The van der Waals surface area contributed by atoms with Crippen molar-refractivity contribution in [1.82, 2.24) is 25.3 Å². The number of carbonyl (C=O) groups is 4. The standard InChI is InChI=1S/C23H32N6O4.CH2O2/c1-13(2)24-22(31)29-19-6-5-16(25-23(32)33-14(3)4)11-17(19)20(27-29)21(30)26-18-12-28-9-7-15(18)8-10-28;2-1-3/h5-6,11,13-15,18H,7-10,12H2,1-4H3,(H,24,31)(H,25,32)(H,26,30);1H,(H,2,3)/t18-;/m0./s1. The molecule has 3 saturated heterocycles. The van der Waals surface area contributed by atoms with E-state index in [4.69, 9.17) is 14.6 Å². The van der Waals surface area contributed by atoms with Crippen molar-refractivity contribution >= 4 is 41.1 Å². The van der Waals surface area contributed by atoms with Crippen molar-refractivity contribution in [3.05, 3.63) is 23.9 Å². The molecule has 5 rings (SSSR count). The van der Waals surface area contributed by atoms with Gasteiger partial charge in [-0.15, -0.1) is 0 Å². The van der Waals surface area contributed by atoms with Crippen LogP contribution in [0.4, 0.5) is 15.3 Å². The zero-order chi connectivity index (χ0) is 26.4. The summed E-state index contributed by atoms with van der Waals surface area (Å²) in [6.45, 7) is 9.96. The van der Waals surface area contributed by atoms with Crippen LogP contribution in [0.2, 0.25) is 0 Å². The predicted octanol–water partition coefficient (Wildman–Crippen LogP) is 2.48. The summed E-state index contributed by atoms with van der Waals surface area (Å²) >= 11 is 0. The van der Waals surface area contributed by atoms with E-state index in [0.717, 1.165) is 32.5 Å². The summed E-state index contributed by atoms with van der Waals surface area (Å²) in [4.78, 5) is 48.8. The number of nitrogens with zero attached hydrogens (tertiary/aromatic N) is 3. The normalized spacial score (nSPS) is 20.4. The van der Waals surface area contributed by atoms with Crippen LogP contribution in [0.1, 0.15) is 51.0 Å². The molecule has 3 amide bonds. The molecule has 3 aliphatic heterocycles. The van der Waals surface area contributed by atoms with Gasteiger partial charge in [-0.05, 0) is 77.7 Å². The number of hydrogen-bond donors (Lipinski definition) is 4. The highest BCUT2D eigenvalue weighted by atomic mass is 16.6. The Morgan fingerprint density at radius 3 is 2.39 bits per heavy atom. The van der Waals surface area contributed by atoms with Gasteiger partial charge in [-0.3, -0.25) is 14.9 Å². The number of anilines is 1. The number of hydrogen-bond acceptors (Lipinski definition) is 7. The molecule has 2 bridgehead atoms. The van der Waals surface area contributed by atoms with Gasteiger partial charge >= 0.3 is 12.1 Å². The molecule has 12 heteroatoms. The Balaban J connectivity index is 0.00000115. The van der Waals surface area contributed by atoms with Gasteiger partial charge in [0.2, 0.25) is 0 Å². The zero-order valence-electron chi connectivity index (χ0n) is 21.0. The van der Waals surface area contributed by atoms with E-state index in [1.807, 2.05) is 13.8 Å². The van der Waals surface area contributed by atoms with E-state index < -0.39 is 12.1 Å². The maximum atomic E-state index is 13.3. The minimum absolute atomic E-state index is 0.0621. The zero-order valence-corrected chi connectivity index (χ0v) is 21.0. The highest BCUT2D eigenvalue weighted by molar-refractivity contribution is 6.08. The molecule has 0 aliphatic carbocycles. The van der Waals surface area contributed by atoms with Crippen molar-refractivity contribution in [2.75, 3.05) is 25.0 Å². The Kier molecular flexibility index (Phi) is 8.86. The van der Waals surface area contributed by atoms with Gasteiger partial charge in [-0.25, -0.2) is 9.59 Å². The number of amides is 3. The fourth-order valence-corrected chi connectivity index (χ4v) is 4.55. The lowest BCUT2D eigenvalue weighted by Gasteiger charge is -2.44.